The van der Waals surface area contributed by atoms with E-state index in [0.29, 0.717) is 23.1 Å². The van der Waals surface area contributed by atoms with Gasteiger partial charge in [-0.3, -0.25) is 14.2 Å². The number of aromatic hydroxyl groups is 1. The molecule has 0 aliphatic heterocycles. The van der Waals surface area contributed by atoms with Gasteiger partial charge in [-0.1, -0.05) is 30.3 Å². The van der Waals surface area contributed by atoms with Crippen LogP contribution in [0.15, 0.2) is 77.7 Å². The maximum absolute atomic E-state index is 13.2. The molecule has 0 aliphatic rings. The van der Waals surface area contributed by atoms with Gasteiger partial charge in [0.15, 0.2) is 11.4 Å². The molecule has 0 unspecified atom stereocenters. The molecular formula is C24H17N3O3. The molecule has 0 saturated carbocycles. The number of hydrogen-bond acceptors (Lipinski definition) is 5. The first-order valence-electron chi connectivity index (χ1n) is 9.40. The Bertz CT molecular complexity index is 1330. The molecule has 6 nitrogen and oxygen atoms in total. The first-order chi connectivity index (χ1) is 14.6. The zero-order valence-corrected chi connectivity index (χ0v) is 15.9. The van der Waals surface area contributed by atoms with Crippen LogP contribution in [0.25, 0.3) is 16.7 Å². The highest BCUT2D eigenvalue weighted by atomic mass is 16.3. The number of nitriles is 1. The van der Waals surface area contributed by atoms with Crippen molar-refractivity contribution in [3.63, 3.8) is 0 Å². The van der Waals surface area contributed by atoms with Crippen molar-refractivity contribution in [2.24, 2.45) is 0 Å². The number of para-hydroxylation sites is 1. The summed E-state index contributed by atoms with van der Waals surface area (Å²) in [5, 5.41) is 20.0. The molecule has 0 spiro atoms. The normalized spacial score (nSPS) is 10.6. The number of pyridine rings is 2. The van der Waals surface area contributed by atoms with E-state index in [-0.39, 0.29) is 23.4 Å². The van der Waals surface area contributed by atoms with E-state index in [2.05, 4.69) is 4.98 Å². The number of Topliss-reactive ketones (excluding diaryl/α,β-unsaturated/α-hetero) is 1. The van der Waals surface area contributed by atoms with Gasteiger partial charge in [0.2, 0.25) is 0 Å². The smallest absolute Gasteiger partial charge is 0.271 e. The van der Waals surface area contributed by atoms with Crippen LogP contribution in [0.3, 0.4) is 0 Å². The Kier molecular flexibility index (Phi) is 5.10. The molecule has 1 N–H and O–H groups in total. The number of benzene rings is 2. The molecule has 2 aromatic carbocycles. The monoisotopic (exact) mass is 395 g/mol. The Labute approximate surface area is 172 Å². The number of aromatic nitrogens is 2. The quantitative estimate of drug-likeness (QED) is 0.519. The van der Waals surface area contributed by atoms with Crippen LogP contribution in [0, 0.1) is 11.3 Å². The van der Waals surface area contributed by atoms with Crippen molar-refractivity contribution in [2.75, 3.05) is 0 Å². The minimum atomic E-state index is -0.602. The van der Waals surface area contributed by atoms with Gasteiger partial charge in [-0.05, 0) is 48.4 Å². The molecule has 6 heteroatoms. The molecule has 0 saturated heterocycles. The van der Waals surface area contributed by atoms with Gasteiger partial charge in [0.1, 0.15) is 11.3 Å². The summed E-state index contributed by atoms with van der Waals surface area (Å²) in [4.78, 5) is 30.5. The molecule has 4 rings (SSSR count). The van der Waals surface area contributed by atoms with E-state index >= 15 is 0 Å². The number of carbonyl (C=O) groups excluding carboxylic acids is 1. The lowest BCUT2D eigenvalue weighted by molar-refractivity contribution is 0.0978. The second-order valence-electron chi connectivity index (χ2n) is 6.81. The fourth-order valence-corrected chi connectivity index (χ4v) is 3.40. The van der Waals surface area contributed by atoms with Gasteiger partial charge in [-0.15, -0.1) is 0 Å². The van der Waals surface area contributed by atoms with E-state index in [9.17, 15) is 14.7 Å². The van der Waals surface area contributed by atoms with Crippen LogP contribution in [0.1, 0.15) is 27.9 Å². The molecule has 0 amide bonds. The first-order valence-corrected chi connectivity index (χ1v) is 9.40. The molecule has 0 atom stereocenters. The van der Waals surface area contributed by atoms with E-state index in [1.165, 1.54) is 10.8 Å². The van der Waals surface area contributed by atoms with Crippen LogP contribution in [0.4, 0.5) is 0 Å². The van der Waals surface area contributed by atoms with Crippen LogP contribution in [-0.2, 0) is 6.42 Å². The lowest BCUT2D eigenvalue weighted by Crippen LogP contribution is -2.26. The SMILES string of the molecule is N#Cc1ccc(CCC(=O)c2c(O)c3cccnc3n(-c3ccccc3)c2=O)cc1. The Balaban J connectivity index is 1.77. The van der Waals surface area contributed by atoms with Crippen molar-refractivity contribution in [2.45, 2.75) is 12.8 Å². The van der Waals surface area contributed by atoms with Gasteiger partial charge >= 0.3 is 0 Å². The summed E-state index contributed by atoms with van der Waals surface area (Å²) >= 11 is 0. The van der Waals surface area contributed by atoms with Gasteiger partial charge < -0.3 is 5.11 Å². The highest BCUT2D eigenvalue weighted by molar-refractivity contribution is 6.03. The second kappa shape index (κ2) is 8.02. The fraction of sp³-hybridized carbons (Fsp3) is 0.0833. The Morgan fingerprint density at radius 3 is 2.47 bits per heavy atom. The molecule has 0 fully saturated rings. The average molecular weight is 395 g/mol. The summed E-state index contributed by atoms with van der Waals surface area (Å²) in [6, 6.07) is 21.1. The van der Waals surface area contributed by atoms with Gasteiger partial charge in [0, 0.05) is 12.6 Å². The Hall–Kier alpha value is -4.24. The predicted molar refractivity (Wildman–Crippen MR) is 113 cm³/mol. The number of ketones is 1. The van der Waals surface area contributed by atoms with Gasteiger partial charge in [0.05, 0.1) is 22.7 Å². The van der Waals surface area contributed by atoms with E-state index in [0.717, 1.165) is 5.56 Å². The van der Waals surface area contributed by atoms with Crippen LogP contribution < -0.4 is 5.56 Å². The van der Waals surface area contributed by atoms with Crippen molar-refractivity contribution in [3.8, 4) is 17.5 Å². The number of rotatable bonds is 5. The van der Waals surface area contributed by atoms with Crippen molar-refractivity contribution in [1.82, 2.24) is 9.55 Å². The third kappa shape index (κ3) is 3.45. The summed E-state index contributed by atoms with van der Waals surface area (Å²) in [5.41, 5.74) is 1.41. The molecule has 30 heavy (non-hydrogen) atoms. The van der Waals surface area contributed by atoms with E-state index in [1.807, 2.05) is 12.1 Å². The number of hydrogen-bond donors (Lipinski definition) is 1. The number of fused-ring (bicyclic) bond motifs is 1. The predicted octanol–water partition coefficient (Wildman–Crippen LogP) is 3.78. The summed E-state index contributed by atoms with van der Waals surface area (Å²) in [5.74, 6) is -0.794. The molecule has 4 aromatic rings. The van der Waals surface area contributed by atoms with Crippen LogP contribution in [0.2, 0.25) is 0 Å². The van der Waals surface area contributed by atoms with Crippen molar-refractivity contribution in [3.05, 3.63) is 100.0 Å². The zero-order valence-electron chi connectivity index (χ0n) is 15.9. The van der Waals surface area contributed by atoms with Crippen LogP contribution >= 0.6 is 0 Å². The first kappa shape index (κ1) is 19.1. The summed E-state index contributed by atoms with van der Waals surface area (Å²) in [7, 11) is 0. The third-order valence-electron chi connectivity index (χ3n) is 4.92. The second-order valence-corrected chi connectivity index (χ2v) is 6.81. The van der Waals surface area contributed by atoms with Crippen molar-refractivity contribution >= 4 is 16.8 Å². The van der Waals surface area contributed by atoms with Crippen LogP contribution in [-0.4, -0.2) is 20.4 Å². The third-order valence-corrected chi connectivity index (χ3v) is 4.92. The summed E-state index contributed by atoms with van der Waals surface area (Å²) < 4.78 is 1.35. The maximum atomic E-state index is 13.2. The van der Waals surface area contributed by atoms with E-state index < -0.39 is 11.3 Å². The molecule has 2 aromatic heterocycles. The topological polar surface area (TPSA) is 96.0 Å². The van der Waals surface area contributed by atoms with Gasteiger partial charge in [0.25, 0.3) is 5.56 Å². The fourth-order valence-electron chi connectivity index (χ4n) is 3.40. The maximum Gasteiger partial charge on any atom is 0.271 e. The van der Waals surface area contributed by atoms with Crippen molar-refractivity contribution < 1.29 is 9.90 Å². The van der Waals surface area contributed by atoms with Gasteiger partial charge in [-0.2, -0.15) is 5.26 Å². The summed E-state index contributed by atoms with van der Waals surface area (Å²) in [6.07, 6.45) is 1.97. The van der Waals surface area contributed by atoms with Gasteiger partial charge in [-0.25, -0.2) is 4.98 Å². The Morgan fingerprint density at radius 1 is 1.03 bits per heavy atom. The highest BCUT2D eigenvalue weighted by Crippen LogP contribution is 2.27. The van der Waals surface area contributed by atoms with E-state index in [4.69, 9.17) is 5.26 Å². The number of nitrogens with zero attached hydrogens (tertiary/aromatic N) is 3. The number of carbonyl (C=O) groups is 1. The minimum Gasteiger partial charge on any atom is -0.506 e. The Morgan fingerprint density at radius 2 is 1.77 bits per heavy atom. The highest BCUT2D eigenvalue weighted by Gasteiger charge is 2.23. The summed E-state index contributed by atoms with van der Waals surface area (Å²) in [6.45, 7) is 0. The van der Waals surface area contributed by atoms with Crippen molar-refractivity contribution in [1.29, 1.82) is 5.26 Å². The van der Waals surface area contributed by atoms with E-state index in [1.54, 1.807) is 60.7 Å². The largest absolute Gasteiger partial charge is 0.506 e. The minimum absolute atomic E-state index is 0.0509. The molecule has 0 bridgehead atoms. The zero-order chi connectivity index (χ0) is 21.1. The molecular weight excluding hydrogens is 378 g/mol. The molecule has 146 valence electrons. The number of aryl methyl sites for hydroxylation is 1. The molecule has 0 radical (unpaired) electrons. The standard InChI is InChI=1S/C24H17N3O3/c25-15-17-10-8-16(9-11-17)12-13-20(28)21-22(29)19-7-4-14-26-23(19)27(24(21)30)18-5-2-1-3-6-18/h1-11,14,29H,12-13H2. The van der Waals surface area contributed by atoms with Crippen LogP contribution in [0.5, 0.6) is 5.75 Å². The average Bonchev–Trinajstić information content (AvgIpc) is 2.79. The molecule has 2 heterocycles. The lowest BCUT2D eigenvalue weighted by atomic mass is 10.0. The lowest BCUT2D eigenvalue weighted by Gasteiger charge is -2.13. The molecule has 0 aliphatic carbocycles.